The Morgan fingerprint density at radius 3 is 2.73 bits per heavy atom. The van der Waals surface area contributed by atoms with E-state index in [0.29, 0.717) is 5.41 Å². The van der Waals surface area contributed by atoms with E-state index in [1.54, 1.807) is 0 Å². The van der Waals surface area contributed by atoms with Crippen molar-refractivity contribution >= 4 is 11.8 Å². The van der Waals surface area contributed by atoms with Gasteiger partial charge in [0.25, 0.3) is 0 Å². The van der Waals surface area contributed by atoms with Gasteiger partial charge in [0.15, 0.2) is 0 Å². The maximum absolute atomic E-state index is 5.73. The van der Waals surface area contributed by atoms with Crippen LogP contribution in [0.5, 0.6) is 0 Å². The van der Waals surface area contributed by atoms with E-state index in [1.807, 2.05) is 0 Å². The summed E-state index contributed by atoms with van der Waals surface area (Å²) in [6.07, 6.45) is 3.90. The number of nitrogens with zero attached hydrogens (tertiary/aromatic N) is 1. The zero-order chi connectivity index (χ0) is 11.3. The van der Waals surface area contributed by atoms with Gasteiger partial charge in [-0.1, -0.05) is 13.8 Å². The van der Waals surface area contributed by atoms with E-state index in [0.717, 1.165) is 12.6 Å². The molecule has 1 atom stereocenters. The van der Waals surface area contributed by atoms with Crippen LogP contribution in [0.1, 0.15) is 33.1 Å². The van der Waals surface area contributed by atoms with Gasteiger partial charge in [-0.25, -0.2) is 0 Å². The maximum atomic E-state index is 5.73. The molecule has 0 spiro atoms. The first kappa shape index (κ1) is 13.3. The lowest BCUT2D eigenvalue weighted by Crippen LogP contribution is -2.33. The summed E-state index contributed by atoms with van der Waals surface area (Å²) in [7, 11) is 2.27. The van der Waals surface area contributed by atoms with Crippen molar-refractivity contribution in [2.45, 2.75) is 39.2 Å². The predicted molar refractivity (Wildman–Crippen MR) is 70.4 cm³/mol. The highest BCUT2D eigenvalue weighted by molar-refractivity contribution is 7.99. The van der Waals surface area contributed by atoms with Crippen LogP contribution in [0.25, 0.3) is 0 Å². The molecule has 0 bridgehead atoms. The number of thioether (sulfide) groups is 1. The molecule has 1 aliphatic rings. The molecule has 15 heavy (non-hydrogen) atoms. The number of hydrogen-bond donors (Lipinski definition) is 1. The molecule has 2 nitrogen and oxygen atoms in total. The summed E-state index contributed by atoms with van der Waals surface area (Å²) in [6.45, 7) is 6.56. The van der Waals surface area contributed by atoms with E-state index in [2.05, 4.69) is 37.6 Å². The van der Waals surface area contributed by atoms with Gasteiger partial charge < -0.3 is 10.6 Å². The summed E-state index contributed by atoms with van der Waals surface area (Å²) in [5.74, 6) is 2.68. The van der Waals surface area contributed by atoms with Crippen LogP contribution in [0.15, 0.2) is 0 Å². The Kier molecular flexibility index (Phi) is 5.44. The van der Waals surface area contributed by atoms with Crippen LogP contribution in [-0.4, -0.2) is 42.6 Å². The summed E-state index contributed by atoms with van der Waals surface area (Å²) in [6, 6.07) is 0.830. The third-order valence-electron chi connectivity index (χ3n) is 3.45. The van der Waals surface area contributed by atoms with Gasteiger partial charge in [-0.3, -0.25) is 0 Å². The molecule has 1 heterocycles. The van der Waals surface area contributed by atoms with Gasteiger partial charge in [0.2, 0.25) is 0 Å². The second kappa shape index (κ2) is 6.12. The van der Waals surface area contributed by atoms with Crippen molar-refractivity contribution in [3.05, 3.63) is 0 Å². The van der Waals surface area contributed by atoms with E-state index < -0.39 is 0 Å². The monoisotopic (exact) mass is 230 g/mol. The van der Waals surface area contributed by atoms with Gasteiger partial charge in [-0.05, 0) is 50.6 Å². The molecule has 90 valence electrons. The first-order valence-electron chi connectivity index (χ1n) is 6.03. The molecular formula is C12H26N2S. The largest absolute Gasteiger partial charge is 0.330 e. The van der Waals surface area contributed by atoms with E-state index in [1.165, 1.54) is 37.3 Å². The molecule has 1 saturated heterocycles. The normalized spacial score (nSPS) is 22.6. The third-order valence-corrected chi connectivity index (χ3v) is 4.59. The van der Waals surface area contributed by atoms with Crippen LogP contribution >= 0.6 is 11.8 Å². The molecule has 3 heteroatoms. The SMILES string of the molecule is CN(CCCC(C)(C)CN)C1CCSC1. The van der Waals surface area contributed by atoms with Crippen molar-refractivity contribution < 1.29 is 0 Å². The highest BCUT2D eigenvalue weighted by atomic mass is 32.2. The molecule has 0 saturated carbocycles. The van der Waals surface area contributed by atoms with E-state index in [-0.39, 0.29) is 0 Å². The Balaban J connectivity index is 2.13. The highest BCUT2D eigenvalue weighted by Gasteiger charge is 2.20. The smallest absolute Gasteiger partial charge is 0.0191 e. The average molecular weight is 230 g/mol. The Labute approximate surface area is 99.0 Å². The lowest BCUT2D eigenvalue weighted by atomic mass is 9.88. The number of rotatable bonds is 6. The minimum atomic E-state index is 0.325. The molecular weight excluding hydrogens is 204 g/mol. The Morgan fingerprint density at radius 2 is 2.20 bits per heavy atom. The molecule has 0 amide bonds. The fourth-order valence-corrected chi connectivity index (χ4v) is 3.26. The molecule has 2 N–H and O–H groups in total. The van der Waals surface area contributed by atoms with Crippen molar-refractivity contribution in [3.8, 4) is 0 Å². The van der Waals surface area contributed by atoms with Gasteiger partial charge in [-0.2, -0.15) is 11.8 Å². The summed E-state index contributed by atoms with van der Waals surface area (Å²) in [4.78, 5) is 2.53. The minimum Gasteiger partial charge on any atom is -0.330 e. The molecule has 0 aromatic heterocycles. The van der Waals surface area contributed by atoms with Gasteiger partial charge in [0, 0.05) is 11.8 Å². The Hall–Kier alpha value is 0.270. The summed E-state index contributed by atoms with van der Waals surface area (Å²) in [5.41, 5.74) is 6.05. The van der Waals surface area contributed by atoms with E-state index in [4.69, 9.17) is 5.73 Å². The molecule has 1 rings (SSSR count). The van der Waals surface area contributed by atoms with Crippen molar-refractivity contribution in [1.29, 1.82) is 0 Å². The summed E-state index contributed by atoms with van der Waals surface area (Å²) < 4.78 is 0. The lowest BCUT2D eigenvalue weighted by molar-refractivity contribution is 0.235. The van der Waals surface area contributed by atoms with Crippen LogP contribution in [0.3, 0.4) is 0 Å². The fourth-order valence-electron chi connectivity index (χ4n) is 1.96. The molecule has 0 aliphatic carbocycles. The second-order valence-electron chi connectivity index (χ2n) is 5.47. The quantitative estimate of drug-likeness (QED) is 0.758. The van der Waals surface area contributed by atoms with Crippen molar-refractivity contribution in [3.63, 3.8) is 0 Å². The molecule has 0 aromatic carbocycles. The number of hydrogen-bond acceptors (Lipinski definition) is 3. The van der Waals surface area contributed by atoms with Crippen molar-refractivity contribution in [2.75, 3.05) is 31.6 Å². The zero-order valence-electron chi connectivity index (χ0n) is 10.5. The molecule has 0 aromatic rings. The van der Waals surface area contributed by atoms with Crippen LogP contribution < -0.4 is 5.73 Å². The Bertz CT molecular complexity index is 176. The molecule has 1 unspecified atom stereocenters. The minimum absolute atomic E-state index is 0.325. The van der Waals surface area contributed by atoms with Crippen LogP contribution in [-0.2, 0) is 0 Å². The standard InChI is InChI=1S/C12H26N2S/c1-12(2,10-13)6-4-7-14(3)11-5-8-15-9-11/h11H,4-10,13H2,1-3H3. The third kappa shape index (κ3) is 4.75. The fraction of sp³-hybridized carbons (Fsp3) is 1.00. The topological polar surface area (TPSA) is 29.3 Å². The van der Waals surface area contributed by atoms with Gasteiger partial charge in [-0.15, -0.1) is 0 Å². The predicted octanol–water partition coefficient (Wildman–Crippen LogP) is 2.19. The maximum Gasteiger partial charge on any atom is 0.0191 e. The van der Waals surface area contributed by atoms with Gasteiger partial charge in [0.05, 0.1) is 0 Å². The van der Waals surface area contributed by atoms with Crippen molar-refractivity contribution in [2.24, 2.45) is 11.1 Å². The first-order valence-corrected chi connectivity index (χ1v) is 7.19. The number of nitrogens with two attached hydrogens (primary N) is 1. The van der Waals surface area contributed by atoms with Gasteiger partial charge in [0.1, 0.15) is 0 Å². The lowest BCUT2D eigenvalue weighted by Gasteiger charge is -2.27. The van der Waals surface area contributed by atoms with E-state index >= 15 is 0 Å². The molecule has 1 aliphatic heterocycles. The average Bonchev–Trinajstić information content (AvgIpc) is 2.70. The van der Waals surface area contributed by atoms with E-state index in [9.17, 15) is 0 Å². The second-order valence-corrected chi connectivity index (χ2v) is 6.62. The van der Waals surface area contributed by atoms with Crippen LogP contribution in [0.2, 0.25) is 0 Å². The summed E-state index contributed by atoms with van der Waals surface area (Å²) in [5, 5.41) is 0. The summed E-state index contributed by atoms with van der Waals surface area (Å²) >= 11 is 2.09. The van der Waals surface area contributed by atoms with Crippen molar-refractivity contribution in [1.82, 2.24) is 4.90 Å². The molecule has 0 radical (unpaired) electrons. The zero-order valence-corrected chi connectivity index (χ0v) is 11.3. The van der Waals surface area contributed by atoms with Crippen LogP contribution in [0.4, 0.5) is 0 Å². The van der Waals surface area contributed by atoms with Crippen LogP contribution in [0, 0.1) is 5.41 Å². The highest BCUT2D eigenvalue weighted by Crippen LogP contribution is 2.23. The first-order chi connectivity index (χ1) is 7.05. The Morgan fingerprint density at radius 1 is 1.47 bits per heavy atom. The molecule has 1 fully saturated rings. The van der Waals surface area contributed by atoms with Gasteiger partial charge >= 0.3 is 0 Å².